The Morgan fingerprint density at radius 1 is 0.769 bits per heavy atom. The molecule has 0 saturated carbocycles. The minimum Gasteiger partial charge on any atom is -0.426 e. The Morgan fingerprint density at radius 3 is 2.13 bits per heavy atom. The molecule has 3 rings (SSSR count). The van der Waals surface area contributed by atoms with Crippen molar-refractivity contribution in [1.29, 1.82) is 0 Å². The van der Waals surface area contributed by atoms with E-state index in [1.165, 1.54) is 69.8 Å². The molecule has 0 N–H and O–H groups in total. The van der Waals surface area contributed by atoms with Gasteiger partial charge in [-0.25, -0.2) is 9.97 Å². The number of carbonyl (C=O) groups is 1. The first-order valence-electron chi connectivity index (χ1n) is 15.4. The Hall–Kier alpha value is -3.01. The van der Waals surface area contributed by atoms with E-state index >= 15 is 0 Å². The molecule has 210 valence electrons. The normalized spacial score (nSPS) is 11.9. The lowest BCUT2D eigenvalue weighted by atomic mass is 10.0. The van der Waals surface area contributed by atoms with Gasteiger partial charge in [-0.3, -0.25) is 4.79 Å². The van der Waals surface area contributed by atoms with Gasteiger partial charge in [0.1, 0.15) is 5.75 Å². The Labute approximate surface area is 236 Å². The standard InChI is InChI=1S/C35H48N2O2/c1-4-6-8-10-11-12-13-15-19-29-22-24-30(25-23-29)32-26-27-36-34(37-32)31-20-16-17-21-33(31)39-35(38)28(3)18-14-9-7-5-2/h16-17,20-28H,4-15,18-19H2,1-3H3. The van der Waals surface area contributed by atoms with Crippen molar-refractivity contribution in [2.75, 3.05) is 0 Å². The van der Waals surface area contributed by atoms with Gasteiger partial charge in [-0.1, -0.05) is 128 Å². The average molecular weight is 529 g/mol. The van der Waals surface area contributed by atoms with Crippen molar-refractivity contribution in [3.8, 4) is 28.4 Å². The van der Waals surface area contributed by atoms with E-state index in [0.29, 0.717) is 11.6 Å². The summed E-state index contributed by atoms with van der Waals surface area (Å²) in [6, 6.07) is 18.2. The number of hydrogen-bond donors (Lipinski definition) is 0. The summed E-state index contributed by atoms with van der Waals surface area (Å²) in [7, 11) is 0. The first kappa shape index (κ1) is 30.5. The molecule has 0 radical (unpaired) electrons. The van der Waals surface area contributed by atoms with Crippen LogP contribution in [0.4, 0.5) is 0 Å². The SMILES string of the molecule is CCCCCCCCCCc1ccc(-c2ccnc(-c3ccccc3OC(=O)C(C)CCCCCC)n2)cc1. The summed E-state index contributed by atoms with van der Waals surface area (Å²) >= 11 is 0. The monoisotopic (exact) mass is 528 g/mol. The molecule has 1 aromatic heterocycles. The predicted octanol–water partition coefficient (Wildman–Crippen LogP) is 10.0. The highest BCUT2D eigenvalue weighted by molar-refractivity contribution is 5.78. The van der Waals surface area contributed by atoms with Crippen LogP contribution in [0.15, 0.2) is 60.8 Å². The van der Waals surface area contributed by atoms with Gasteiger partial charge < -0.3 is 4.74 Å². The molecule has 1 heterocycles. The van der Waals surface area contributed by atoms with Crippen LogP contribution in [0.5, 0.6) is 5.75 Å². The molecule has 0 spiro atoms. The molecule has 4 nitrogen and oxygen atoms in total. The van der Waals surface area contributed by atoms with Gasteiger partial charge in [-0.2, -0.15) is 0 Å². The number of rotatable bonds is 18. The molecule has 3 aromatic rings. The van der Waals surface area contributed by atoms with E-state index in [-0.39, 0.29) is 11.9 Å². The van der Waals surface area contributed by atoms with E-state index in [9.17, 15) is 4.79 Å². The fourth-order valence-electron chi connectivity index (χ4n) is 4.90. The highest BCUT2D eigenvalue weighted by atomic mass is 16.5. The maximum atomic E-state index is 12.8. The van der Waals surface area contributed by atoms with Gasteiger partial charge in [0.15, 0.2) is 5.82 Å². The maximum Gasteiger partial charge on any atom is 0.314 e. The van der Waals surface area contributed by atoms with Crippen LogP contribution >= 0.6 is 0 Å². The number of para-hydroxylation sites is 1. The van der Waals surface area contributed by atoms with Crippen LogP contribution in [0, 0.1) is 5.92 Å². The van der Waals surface area contributed by atoms with Crippen molar-refractivity contribution < 1.29 is 9.53 Å². The predicted molar refractivity (Wildman–Crippen MR) is 163 cm³/mol. The van der Waals surface area contributed by atoms with E-state index in [2.05, 4.69) is 43.1 Å². The zero-order valence-electron chi connectivity index (χ0n) is 24.5. The Bertz CT molecular complexity index is 1110. The lowest BCUT2D eigenvalue weighted by Gasteiger charge is -2.14. The minimum atomic E-state index is -0.192. The van der Waals surface area contributed by atoms with Crippen molar-refractivity contribution >= 4 is 5.97 Å². The van der Waals surface area contributed by atoms with E-state index in [0.717, 1.165) is 42.5 Å². The first-order chi connectivity index (χ1) is 19.1. The molecule has 0 aliphatic heterocycles. The van der Waals surface area contributed by atoms with Gasteiger partial charge in [0.2, 0.25) is 0 Å². The number of hydrogen-bond acceptors (Lipinski definition) is 4. The van der Waals surface area contributed by atoms with Crippen LogP contribution in [0.1, 0.15) is 110 Å². The Balaban J connectivity index is 1.58. The van der Waals surface area contributed by atoms with Gasteiger partial charge in [0.05, 0.1) is 17.2 Å². The molecule has 0 fully saturated rings. The molecular formula is C35H48N2O2. The summed E-state index contributed by atoms with van der Waals surface area (Å²) in [5, 5.41) is 0. The van der Waals surface area contributed by atoms with Crippen LogP contribution in [0.25, 0.3) is 22.6 Å². The number of benzene rings is 2. The summed E-state index contributed by atoms with van der Waals surface area (Å²) < 4.78 is 5.84. The number of aromatic nitrogens is 2. The smallest absolute Gasteiger partial charge is 0.314 e. The zero-order chi connectivity index (χ0) is 27.7. The second-order valence-electron chi connectivity index (χ2n) is 10.9. The molecule has 0 amide bonds. The van der Waals surface area contributed by atoms with Crippen LogP contribution < -0.4 is 4.74 Å². The summed E-state index contributed by atoms with van der Waals surface area (Å²) in [6.45, 7) is 6.41. The van der Waals surface area contributed by atoms with Gasteiger partial charge in [0.25, 0.3) is 0 Å². The van der Waals surface area contributed by atoms with Crippen LogP contribution in [0.3, 0.4) is 0 Å². The maximum absolute atomic E-state index is 12.8. The Morgan fingerprint density at radius 2 is 1.41 bits per heavy atom. The van der Waals surface area contributed by atoms with Gasteiger partial charge >= 0.3 is 5.97 Å². The topological polar surface area (TPSA) is 52.1 Å². The van der Waals surface area contributed by atoms with Gasteiger partial charge in [-0.15, -0.1) is 0 Å². The molecule has 0 saturated heterocycles. The summed E-state index contributed by atoms with van der Waals surface area (Å²) in [5.74, 6) is 0.754. The summed E-state index contributed by atoms with van der Waals surface area (Å²) in [6.07, 6.45) is 19.1. The Kier molecular flexibility index (Phi) is 13.7. The van der Waals surface area contributed by atoms with Gasteiger partial charge in [0, 0.05) is 11.8 Å². The van der Waals surface area contributed by atoms with E-state index < -0.39 is 0 Å². The molecule has 2 aromatic carbocycles. The van der Waals surface area contributed by atoms with Crippen LogP contribution in [-0.4, -0.2) is 15.9 Å². The highest BCUT2D eigenvalue weighted by Crippen LogP contribution is 2.30. The largest absolute Gasteiger partial charge is 0.426 e. The minimum absolute atomic E-state index is 0.133. The van der Waals surface area contributed by atoms with Gasteiger partial charge in [-0.05, 0) is 43.0 Å². The second kappa shape index (κ2) is 17.6. The van der Waals surface area contributed by atoms with Crippen LogP contribution in [0.2, 0.25) is 0 Å². The van der Waals surface area contributed by atoms with Crippen molar-refractivity contribution in [3.05, 3.63) is 66.4 Å². The van der Waals surface area contributed by atoms with Crippen LogP contribution in [-0.2, 0) is 11.2 Å². The number of unbranched alkanes of at least 4 members (excludes halogenated alkanes) is 10. The number of esters is 1. The third kappa shape index (κ3) is 10.6. The third-order valence-corrected chi connectivity index (χ3v) is 7.46. The number of carbonyl (C=O) groups excluding carboxylic acids is 1. The third-order valence-electron chi connectivity index (χ3n) is 7.46. The molecule has 4 heteroatoms. The van der Waals surface area contributed by atoms with Crippen molar-refractivity contribution in [2.24, 2.45) is 5.92 Å². The number of nitrogens with zero attached hydrogens (tertiary/aromatic N) is 2. The summed E-state index contributed by atoms with van der Waals surface area (Å²) in [4.78, 5) is 22.1. The number of aryl methyl sites for hydroxylation is 1. The second-order valence-corrected chi connectivity index (χ2v) is 10.9. The first-order valence-corrected chi connectivity index (χ1v) is 15.4. The molecule has 1 atom stereocenters. The summed E-state index contributed by atoms with van der Waals surface area (Å²) in [5.41, 5.74) is 4.04. The van der Waals surface area contributed by atoms with Crippen molar-refractivity contribution in [1.82, 2.24) is 9.97 Å². The molecule has 0 bridgehead atoms. The quantitative estimate of drug-likeness (QED) is 0.0936. The van der Waals surface area contributed by atoms with Crippen molar-refractivity contribution in [2.45, 2.75) is 111 Å². The molecule has 0 aliphatic rings. The van der Waals surface area contributed by atoms with E-state index in [1.54, 1.807) is 6.20 Å². The highest BCUT2D eigenvalue weighted by Gasteiger charge is 2.18. The number of ether oxygens (including phenoxy) is 1. The average Bonchev–Trinajstić information content (AvgIpc) is 2.97. The molecule has 39 heavy (non-hydrogen) atoms. The van der Waals surface area contributed by atoms with E-state index in [4.69, 9.17) is 9.72 Å². The fourth-order valence-corrected chi connectivity index (χ4v) is 4.90. The fraction of sp³-hybridized carbons (Fsp3) is 0.514. The lowest BCUT2D eigenvalue weighted by molar-refractivity contribution is -0.138. The zero-order valence-corrected chi connectivity index (χ0v) is 24.5. The lowest BCUT2D eigenvalue weighted by Crippen LogP contribution is -2.18. The molecule has 0 aliphatic carbocycles. The molecular weight excluding hydrogens is 480 g/mol. The van der Waals surface area contributed by atoms with E-state index in [1.807, 2.05) is 37.3 Å². The van der Waals surface area contributed by atoms with Crippen molar-refractivity contribution in [3.63, 3.8) is 0 Å². The molecule has 1 unspecified atom stereocenters.